The minimum Gasteiger partial charge on any atom is -0.450 e. The topological polar surface area (TPSA) is 53.3 Å². The van der Waals surface area contributed by atoms with Crippen LogP contribution in [0.15, 0.2) is 0 Å². The highest BCUT2D eigenvalue weighted by Crippen LogP contribution is 1.94. The lowest BCUT2D eigenvalue weighted by atomic mass is 10.6. The third-order valence-corrected chi connectivity index (χ3v) is 1.22. The van der Waals surface area contributed by atoms with Gasteiger partial charge in [-0.3, -0.25) is 4.90 Å². The fraction of sp³-hybridized carbons (Fsp3) is 0.667. The smallest absolute Gasteiger partial charge is 0.411 e. The van der Waals surface area contributed by atoms with Crippen molar-refractivity contribution in [1.29, 1.82) is 5.26 Å². The Balaban J connectivity index is 3.83. The van der Waals surface area contributed by atoms with E-state index >= 15 is 0 Å². The lowest BCUT2D eigenvalue weighted by Crippen LogP contribution is -2.30. The van der Waals surface area contributed by atoms with Crippen molar-refractivity contribution in [3.8, 4) is 6.07 Å². The molecule has 0 aromatic rings. The van der Waals surface area contributed by atoms with Crippen LogP contribution in [-0.4, -0.2) is 30.1 Å². The zero-order valence-electron chi connectivity index (χ0n) is 6.21. The molecule has 11 heavy (non-hydrogen) atoms. The maximum absolute atomic E-state index is 10.8. The standard InChI is InChI=1S/C6H9ClN2O2/c1-2-11-6(10)9(5-7)4-3-8/h2,4-5H2,1H3. The predicted molar refractivity (Wildman–Crippen MR) is 40.1 cm³/mol. The summed E-state index contributed by atoms with van der Waals surface area (Å²) in [7, 11) is 0. The van der Waals surface area contributed by atoms with Crippen molar-refractivity contribution in [3.05, 3.63) is 0 Å². The van der Waals surface area contributed by atoms with Crippen molar-refractivity contribution in [2.75, 3.05) is 19.2 Å². The summed E-state index contributed by atoms with van der Waals surface area (Å²) in [5.74, 6) is 0. The fourth-order valence-corrected chi connectivity index (χ4v) is 0.638. The molecule has 0 aromatic heterocycles. The first-order valence-electron chi connectivity index (χ1n) is 3.10. The molecule has 0 aliphatic rings. The normalized spacial score (nSPS) is 8.45. The highest BCUT2D eigenvalue weighted by atomic mass is 35.5. The number of hydrogen-bond acceptors (Lipinski definition) is 3. The number of nitrogens with zero attached hydrogens (tertiary/aromatic N) is 2. The molecule has 1 amide bonds. The summed E-state index contributed by atoms with van der Waals surface area (Å²) in [5, 5.41) is 8.23. The maximum Gasteiger partial charge on any atom is 0.411 e. The lowest BCUT2D eigenvalue weighted by Gasteiger charge is -2.14. The van der Waals surface area contributed by atoms with Crippen LogP contribution in [0.25, 0.3) is 0 Å². The second kappa shape index (κ2) is 5.81. The quantitative estimate of drug-likeness (QED) is 0.369. The van der Waals surface area contributed by atoms with Gasteiger partial charge in [-0.25, -0.2) is 4.79 Å². The van der Waals surface area contributed by atoms with Gasteiger partial charge in [0.2, 0.25) is 0 Å². The van der Waals surface area contributed by atoms with Crippen LogP contribution in [0.1, 0.15) is 6.92 Å². The summed E-state index contributed by atoms with van der Waals surface area (Å²) in [5.41, 5.74) is 0. The number of carbonyl (C=O) groups excluding carboxylic acids is 1. The molecule has 0 bridgehead atoms. The van der Waals surface area contributed by atoms with Gasteiger partial charge in [-0.05, 0) is 6.92 Å². The van der Waals surface area contributed by atoms with Gasteiger partial charge >= 0.3 is 6.09 Å². The van der Waals surface area contributed by atoms with Crippen LogP contribution in [0.3, 0.4) is 0 Å². The number of ether oxygens (including phenoxy) is 1. The number of hydrogen-bond donors (Lipinski definition) is 0. The molecular formula is C6H9ClN2O2. The zero-order chi connectivity index (χ0) is 8.69. The van der Waals surface area contributed by atoms with E-state index in [2.05, 4.69) is 4.74 Å². The Kier molecular flexibility index (Phi) is 5.30. The van der Waals surface area contributed by atoms with Gasteiger partial charge in [0.25, 0.3) is 0 Å². The first kappa shape index (κ1) is 10.0. The van der Waals surface area contributed by atoms with Gasteiger partial charge in [0, 0.05) is 0 Å². The summed E-state index contributed by atoms with van der Waals surface area (Å²) in [6.45, 7) is 1.94. The largest absolute Gasteiger partial charge is 0.450 e. The Morgan fingerprint density at radius 3 is 2.82 bits per heavy atom. The molecule has 0 heterocycles. The first-order valence-corrected chi connectivity index (χ1v) is 3.64. The molecule has 0 radical (unpaired) electrons. The summed E-state index contributed by atoms with van der Waals surface area (Å²) in [6.07, 6.45) is -0.552. The number of amides is 1. The van der Waals surface area contributed by atoms with Gasteiger partial charge in [-0.2, -0.15) is 5.26 Å². The van der Waals surface area contributed by atoms with E-state index in [1.54, 1.807) is 13.0 Å². The van der Waals surface area contributed by atoms with Crippen molar-refractivity contribution in [1.82, 2.24) is 4.90 Å². The molecular weight excluding hydrogens is 168 g/mol. The highest BCUT2D eigenvalue weighted by Gasteiger charge is 2.11. The molecule has 4 nitrogen and oxygen atoms in total. The molecule has 5 heteroatoms. The van der Waals surface area contributed by atoms with Crippen LogP contribution in [0.5, 0.6) is 0 Å². The molecule has 0 rings (SSSR count). The summed E-state index contributed by atoms with van der Waals surface area (Å²) in [4.78, 5) is 11.9. The molecule has 0 aromatic carbocycles. The van der Waals surface area contributed by atoms with Crippen LogP contribution in [0.2, 0.25) is 0 Å². The van der Waals surface area contributed by atoms with E-state index in [9.17, 15) is 4.79 Å². The Hall–Kier alpha value is -0.950. The fourth-order valence-electron chi connectivity index (χ4n) is 0.456. The molecule has 62 valence electrons. The van der Waals surface area contributed by atoms with Gasteiger partial charge in [-0.1, -0.05) is 0 Å². The van der Waals surface area contributed by atoms with Crippen molar-refractivity contribution >= 4 is 17.7 Å². The molecule has 0 aliphatic heterocycles. The Morgan fingerprint density at radius 2 is 2.45 bits per heavy atom. The number of rotatable bonds is 3. The minimum atomic E-state index is -0.552. The highest BCUT2D eigenvalue weighted by molar-refractivity contribution is 6.18. The van der Waals surface area contributed by atoms with Gasteiger partial charge in [0.1, 0.15) is 6.54 Å². The average molecular weight is 177 g/mol. The van der Waals surface area contributed by atoms with E-state index in [4.69, 9.17) is 16.9 Å². The van der Waals surface area contributed by atoms with E-state index in [-0.39, 0.29) is 19.2 Å². The zero-order valence-corrected chi connectivity index (χ0v) is 6.97. The van der Waals surface area contributed by atoms with Gasteiger partial charge in [-0.15, -0.1) is 11.6 Å². The van der Waals surface area contributed by atoms with Gasteiger partial charge in [0.05, 0.1) is 18.7 Å². The van der Waals surface area contributed by atoms with Crippen LogP contribution in [0, 0.1) is 11.3 Å². The number of halogens is 1. The second-order valence-electron chi connectivity index (χ2n) is 1.67. The van der Waals surface area contributed by atoms with E-state index in [0.29, 0.717) is 0 Å². The Morgan fingerprint density at radius 1 is 1.82 bits per heavy atom. The first-order chi connectivity index (χ1) is 5.26. The summed E-state index contributed by atoms with van der Waals surface area (Å²) < 4.78 is 4.60. The average Bonchev–Trinajstić information content (AvgIpc) is 2.00. The van der Waals surface area contributed by atoms with E-state index in [0.717, 1.165) is 4.90 Å². The van der Waals surface area contributed by atoms with E-state index in [1.807, 2.05) is 0 Å². The van der Waals surface area contributed by atoms with Crippen molar-refractivity contribution in [3.63, 3.8) is 0 Å². The Bertz CT molecular complexity index is 166. The van der Waals surface area contributed by atoms with Crippen LogP contribution >= 0.6 is 11.6 Å². The molecule has 0 N–H and O–H groups in total. The third kappa shape index (κ3) is 3.68. The number of nitriles is 1. The summed E-state index contributed by atoms with van der Waals surface area (Å²) >= 11 is 5.35. The lowest BCUT2D eigenvalue weighted by molar-refractivity contribution is 0.118. The number of carbonyl (C=O) groups is 1. The molecule has 0 saturated carbocycles. The molecule has 0 spiro atoms. The molecule has 0 fully saturated rings. The molecule has 0 saturated heterocycles. The summed E-state index contributed by atoms with van der Waals surface area (Å²) in [6, 6.07) is 1.78. The SMILES string of the molecule is CCOC(=O)N(CCl)CC#N. The van der Waals surface area contributed by atoms with E-state index < -0.39 is 6.09 Å². The maximum atomic E-state index is 10.8. The second-order valence-corrected chi connectivity index (χ2v) is 1.91. The Labute approximate surface area is 70.3 Å². The predicted octanol–water partition coefficient (Wildman–Crippen LogP) is 1.16. The molecule has 0 unspecified atom stereocenters. The van der Waals surface area contributed by atoms with Crippen molar-refractivity contribution in [2.45, 2.75) is 6.92 Å². The molecule has 0 aliphatic carbocycles. The van der Waals surface area contributed by atoms with Crippen LogP contribution < -0.4 is 0 Å². The number of alkyl halides is 1. The monoisotopic (exact) mass is 176 g/mol. The van der Waals surface area contributed by atoms with Crippen molar-refractivity contribution < 1.29 is 9.53 Å². The minimum absolute atomic E-state index is 0.0214. The van der Waals surface area contributed by atoms with E-state index in [1.165, 1.54) is 0 Å². The van der Waals surface area contributed by atoms with Crippen LogP contribution in [-0.2, 0) is 4.74 Å². The van der Waals surface area contributed by atoms with Gasteiger partial charge < -0.3 is 4.74 Å². The van der Waals surface area contributed by atoms with Crippen molar-refractivity contribution in [2.24, 2.45) is 0 Å². The van der Waals surface area contributed by atoms with Crippen LogP contribution in [0.4, 0.5) is 4.79 Å². The van der Waals surface area contributed by atoms with Gasteiger partial charge in [0.15, 0.2) is 0 Å². The third-order valence-electron chi connectivity index (χ3n) is 0.932. The molecule has 0 atom stereocenters.